The molecule has 2 rings (SSSR count). The second-order valence-corrected chi connectivity index (χ2v) is 4.86. The fraction of sp³-hybridized carbons (Fsp3) is 0.467. The average molecular weight is 260 g/mol. The summed E-state index contributed by atoms with van der Waals surface area (Å²) in [4.78, 5) is 25.6. The molecule has 1 N–H and O–H groups in total. The fourth-order valence-corrected chi connectivity index (χ4v) is 2.49. The molecule has 0 aromatic heterocycles. The molecule has 4 heteroatoms. The van der Waals surface area contributed by atoms with Gasteiger partial charge in [-0.1, -0.05) is 13.8 Å². The molecule has 4 nitrogen and oxygen atoms in total. The minimum Gasteiger partial charge on any atom is -0.315 e. The minimum atomic E-state index is -0.141. The highest BCUT2D eigenvalue weighted by molar-refractivity contribution is 6.04. The lowest BCUT2D eigenvalue weighted by atomic mass is 9.99. The number of ketones is 1. The Bertz CT molecular complexity index is 511. The van der Waals surface area contributed by atoms with Crippen molar-refractivity contribution in [1.29, 1.82) is 0 Å². The van der Waals surface area contributed by atoms with E-state index in [4.69, 9.17) is 0 Å². The summed E-state index contributed by atoms with van der Waals surface area (Å²) >= 11 is 0. The van der Waals surface area contributed by atoms with Crippen molar-refractivity contribution in [2.45, 2.75) is 32.7 Å². The predicted octanol–water partition coefficient (Wildman–Crippen LogP) is 1.78. The van der Waals surface area contributed by atoms with Gasteiger partial charge in [-0.3, -0.25) is 9.59 Å². The first-order valence-corrected chi connectivity index (χ1v) is 6.75. The van der Waals surface area contributed by atoms with E-state index in [0.29, 0.717) is 12.0 Å². The van der Waals surface area contributed by atoms with E-state index in [2.05, 4.69) is 5.32 Å². The Morgan fingerprint density at radius 1 is 1.42 bits per heavy atom. The Morgan fingerprint density at radius 3 is 2.79 bits per heavy atom. The van der Waals surface area contributed by atoms with Crippen LogP contribution in [0.2, 0.25) is 0 Å². The van der Waals surface area contributed by atoms with Gasteiger partial charge in [0.05, 0.1) is 12.5 Å². The molecule has 102 valence electrons. The number of hydrogen-bond acceptors (Lipinski definition) is 3. The maximum atomic E-state index is 12.4. The quantitative estimate of drug-likeness (QED) is 0.821. The molecule has 1 aliphatic heterocycles. The molecule has 1 amide bonds. The second kappa shape index (κ2) is 5.53. The zero-order valence-corrected chi connectivity index (χ0v) is 11.7. The number of hydrogen-bond donors (Lipinski definition) is 1. The van der Waals surface area contributed by atoms with E-state index in [1.165, 1.54) is 0 Å². The topological polar surface area (TPSA) is 49.4 Å². The Kier molecular flexibility index (Phi) is 4.00. The Labute approximate surface area is 113 Å². The summed E-state index contributed by atoms with van der Waals surface area (Å²) in [6.07, 6.45) is 1.16. The van der Waals surface area contributed by atoms with Gasteiger partial charge in [-0.05, 0) is 36.7 Å². The van der Waals surface area contributed by atoms with Crippen LogP contribution in [0.4, 0.5) is 5.69 Å². The molecule has 0 radical (unpaired) electrons. The van der Waals surface area contributed by atoms with Crippen LogP contribution in [0.15, 0.2) is 18.2 Å². The molecule has 1 unspecified atom stereocenters. The normalized spacial score (nSPS) is 15.5. The summed E-state index contributed by atoms with van der Waals surface area (Å²) in [5, 5.41) is 3.19. The van der Waals surface area contributed by atoms with E-state index < -0.39 is 0 Å². The van der Waals surface area contributed by atoms with Gasteiger partial charge in [0.15, 0.2) is 5.78 Å². The third-order valence-electron chi connectivity index (χ3n) is 3.62. The van der Waals surface area contributed by atoms with Crippen molar-refractivity contribution in [2.24, 2.45) is 0 Å². The van der Waals surface area contributed by atoms with Crippen molar-refractivity contribution >= 4 is 17.4 Å². The number of nitrogens with one attached hydrogen (secondary N) is 1. The fourth-order valence-electron chi connectivity index (χ4n) is 2.49. The number of Topliss-reactive ketones (excluding diaryl/α,β-unsaturated/α-hetero) is 1. The van der Waals surface area contributed by atoms with Gasteiger partial charge >= 0.3 is 0 Å². The largest absolute Gasteiger partial charge is 0.315 e. The molecule has 0 fully saturated rings. The Morgan fingerprint density at radius 2 is 2.16 bits per heavy atom. The highest BCUT2D eigenvalue weighted by Crippen LogP contribution is 2.28. The number of benzene rings is 1. The van der Waals surface area contributed by atoms with Crippen LogP contribution < -0.4 is 10.2 Å². The van der Waals surface area contributed by atoms with Gasteiger partial charge in [0.2, 0.25) is 5.91 Å². The molecule has 1 aliphatic rings. The van der Waals surface area contributed by atoms with Gasteiger partial charge in [-0.25, -0.2) is 0 Å². The first kappa shape index (κ1) is 13.7. The van der Waals surface area contributed by atoms with Crippen LogP contribution in [0.3, 0.4) is 0 Å². The van der Waals surface area contributed by atoms with E-state index >= 15 is 0 Å². The zero-order chi connectivity index (χ0) is 14.0. The molecule has 1 atom stereocenters. The number of carbonyl (C=O) groups excluding carboxylic acids is 2. The van der Waals surface area contributed by atoms with Crippen LogP contribution in [0.1, 0.15) is 36.2 Å². The van der Waals surface area contributed by atoms with Crippen molar-refractivity contribution in [3.63, 3.8) is 0 Å². The summed E-state index contributed by atoms with van der Waals surface area (Å²) in [5.41, 5.74) is 2.55. The van der Waals surface area contributed by atoms with Crippen LogP contribution >= 0.6 is 0 Å². The maximum Gasteiger partial charge on any atom is 0.231 e. The smallest absolute Gasteiger partial charge is 0.231 e. The van der Waals surface area contributed by atoms with E-state index in [1.54, 1.807) is 11.9 Å². The first-order chi connectivity index (χ1) is 9.08. The Hall–Kier alpha value is -1.68. The summed E-state index contributed by atoms with van der Waals surface area (Å²) in [6, 6.07) is 5.40. The molecule has 19 heavy (non-hydrogen) atoms. The molecule has 0 saturated heterocycles. The lowest BCUT2D eigenvalue weighted by Gasteiger charge is -2.15. The van der Waals surface area contributed by atoms with Gasteiger partial charge in [0.25, 0.3) is 0 Å². The van der Waals surface area contributed by atoms with Crippen molar-refractivity contribution in [3.8, 4) is 0 Å². The molecule has 0 saturated carbocycles. The SMILES string of the molecule is CCNC(CC)C(=O)c1ccc2c(c1)CC(=O)N2C. The van der Waals surface area contributed by atoms with Crippen molar-refractivity contribution in [1.82, 2.24) is 5.32 Å². The third-order valence-corrected chi connectivity index (χ3v) is 3.62. The molecule has 0 aliphatic carbocycles. The second-order valence-electron chi connectivity index (χ2n) is 4.86. The molecule has 1 aromatic carbocycles. The molecule has 0 bridgehead atoms. The highest BCUT2D eigenvalue weighted by atomic mass is 16.2. The number of nitrogens with zero attached hydrogens (tertiary/aromatic N) is 1. The monoisotopic (exact) mass is 260 g/mol. The highest BCUT2D eigenvalue weighted by Gasteiger charge is 2.26. The summed E-state index contributed by atoms with van der Waals surface area (Å²) in [5.74, 6) is 0.187. The lowest BCUT2D eigenvalue weighted by Crippen LogP contribution is -2.36. The summed E-state index contributed by atoms with van der Waals surface area (Å²) in [7, 11) is 1.77. The number of fused-ring (bicyclic) bond motifs is 1. The molecular formula is C15H20N2O2. The van der Waals surface area contributed by atoms with E-state index in [9.17, 15) is 9.59 Å². The van der Waals surface area contributed by atoms with Gasteiger partial charge in [-0.2, -0.15) is 0 Å². The first-order valence-electron chi connectivity index (χ1n) is 6.75. The summed E-state index contributed by atoms with van der Waals surface area (Å²) in [6.45, 7) is 4.76. The average Bonchev–Trinajstić information content (AvgIpc) is 2.70. The van der Waals surface area contributed by atoms with E-state index in [-0.39, 0.29) is 17.7 Å². The van der Waals surface area contributed by atoms with Crippen LogP contribution in [-0.4, -0.2) is 31.3 Å². The zero-order valence-electron chi connectivity index (χ0n) is 11.7. The molecular weight excluding hydrogens is 240 g/mol. The predicted molar refractivity (Wildman–Crippen MR) is 75.6 cm³/mol. The molecule has 1 aromatic rings. The molecule has 1 heterocycles. The van der Waals surface area contributed by atoms with Gasteiger partial charge < -0.3 is 10.2 Å². The van der Waals surface area contributed by atoms with Crippen LogP contribution in [0.25, 0.3) is 0 Å². The van der Waals surface area contributed by atoms with Gasteiger partial charge in [0, 0.05) is 18.3 Å². The molecule has 0 spiro atoms. The van der Waals surface area contributed by atoms with E-state index in [1.807, 2.05) is 32.0 Å². The number of anilines is 1. The van der Waals surface area contributed by atoms with Crippen LogP contribution in [0.5, 0.6) is 0 Å². The van der Waals surface area contributed by atoms with Crippen molar-refractivity contribution < 1.29 is 9.59 Å². The number of likely N-dealkylation sites (N-methyl/N-ethyl adjacent to an activating group) is 2. The summed E-state index contributed by atoms with van der Waals surface area (Å²) < 4.78 is 0. The minimum absolute atomic E-state index is 0.0818. The van der Waals surface area contributed by atoms with Crippen molar-refractivity contribution in [2.75, 3.05) is 18.5 Å². The van der Waals surface area contributed by atoms with Crippen LogP contribution in [0, 0.1) is 0 Å². The van der Waals surface area contributed by atoms with Crippen LogP contribution in [-0.2, 0) is 11.2 Å². The third kappa shape index (κ3) is 2.54. The standard InChI is InChI=1S/C15H20N2O2/c1-4-12(16-5-2)15(19)10-6-7-13-11(8-10)9-14(18)17(13)3/h6-8,12,16H,4-5,9H2,1-3H3. The van der Waals surface area contributed by atoms with Gasteiger partial charge in [-0.15, -0.1) is 0 Å². The number of rotatable bonds is 5. The maximum absolute atomic E-state index is 12.4. The van der Waals surface area contributed by atoms with Gasteiger partial charge in [0.1, 0.15) is 0 Å². The Balaban J connectivity index is 2.26. The number of amides is 1. The number of carbonyl (C=O) groups is 2. The lowest BCUT2D eigenvalue weighted by molar-refractivity contribution is -0.117. The van der Waals surface area contributed by atoms with Crippen molar-refractivity contribution in [3.05, 3.63) is 29.3 Å². The van der Waals surface area contributed by atoms with E-state index in [0.717, 1.165) is 24.2 Å².